The van der Waals surface area contributed by atoms with Crippen LogP contribution in [0, 0.1) is 0 Å². The molecule has 9 heteroatoms. The highest BCUT2D eigenvalue weighted by Gasteiger charge is 2.23. The van der Waals surface area contributed by atoms with Crippen LogP contribution < -0.4 is 10.6 Å². The van der Waals surface area contributed by atoms with Gasteiger partial charge in [0.1, 0.15) is 6.54 Å². The third-order valence-corrected chi connectivity index (χ3v) is 5.49. The molecule has 0 spiro atoms. The van der Waals surface area contributed by atoms with Gasteiger partial charge in [-0.3, -0.25) is 9.69 Å². The average Bonchev–Trinajstić information content (AvgIpc) is 3.20. The zero-order valence-corrected chi connectivity index (χ0v) is 20.3. The first-order chi connectivity index (χ1) is 13.1. The van der Waals surface area contributed by atoms with Crippen LogP contribution in [0.2, 0.25) is 0 Å². The van der Waals surface area contributed by atoms with Crippen molar-refractivity contribution in [2.45, 2.75) is 25.8 Å². The largest absolute Gasteiger partial charge is 0.379 e. The highest BCUT2D eigenvalue weighted by molar-refractivity contribution is 14.0. The number of likely N-dealkylation sites (N-methyl/N-ethyl adjacent to an activating group) is 1. The molecule has 0 aliphatic carbocycles. The Balaban J connectivity index is 0.00000392. The van der Waals surface area contributed by atoms with E-state index in [2.05, 4.69) is 45.0 Å². The monoisotopic (exact) mass is 523 g/mol. The number of morpholine rings is 1. The molecule has 0 saturated carbocycles. The van der Waals surface area contributed by atoms with E-state index in [0.717, 1.165) is 52.2 Å². The number of carbonyl (C=O) groups excluding carboxylic acids is 1. The standard InChI is InChI=1S/C19H33N5O2S.HI/c1-4-5-8-20-19(22-15-18(25)23(2)3)21-14-16(17-7-6-13-27-17)24-9-11-26-12-10-24;/h6-7,13,16H,4-5,8-12,14-15H2,1-3H3,(H2,20,21,22);1H. The Kier molecular flexibility index (Phi) is 12.7. The van der Waals surface area contributed by atoms with Crippen LogP contribution in [0.15, 0.2) is 22.5 Å². The predicted octanol–water partition coefficient (Wildman–Crippen LogP) is 2.16. The minimum atomic E-state index is -0.00502. The van der Waals surface area contributed by atoms with Gasteiger partial charge in [0.2, 0.25) is 5.91 Å². The van der Waals surface area contributed by atoms with Gasteiger partial charge in [0, 0.05) is 45.2 Å². The maximum Gasteiger partial charge on any atom is 0.243 e. The summed E-state index contributed by atoms with van der Waals surface area (Å²) in [7, 11) is 3.50. The van der Waals surface area contributed by atoms with E-state index in [-0.39, 0.29) is 42.5 Å². The van der Waals surface area contributed by atoms with Gasteiger partial charge in [-0.1, -0.05) is 19.4 Å². The van der Waals surface area contributed by atoms with E-state index in [0.29, 0.717) is 5.96 Å². The number of hydrogen-bond acceptors (Lipinski definition) is 5. The number of guanidine groups is 1. The van der Waals surface area contributed by atoms with Crippen LogP contribution in [-0.2, 0) is 9.53 Å². The van der Waals surface area contributed by atoms with Gasteiger partial charge < -0.3 is 20.3 Å². The van der Waals surface area contributed by atoms with Crippen LogP contribution in [0.4, 0.5) is 0 Å². The Morgan fingerprint density at radius 1 is 1.36 bits per heavy atom. The molecule has 1 saturated heterocycles. The van der Waals surface area contributed by atoms with Crippen LogP contribution in [0.5, 0.6) is 0 Å². The molecular formula is C19H34IN5O2S. The van der Waals surface area contributed by atoms with Crippen LogP contribution in [-0.4, -0.2) is 81.7 Å². The summed E-state index contributed by atoms with van der Waals surface area (Å²) in [5, 5.41) is 8.92. The van der Waals surface area contributed by atoms with Gasteiger partial charge in [0.25, 0.3) is 0 Å². The minimum absolute atomic E-state index is 0. The summed E-state index contributed by atoms with van der Waals surface area (Å²) in [5.41, 5.74) is 0. The molecule has 160 valence electrons. The molecule has 7 nitrogen and oxygen atoms in total. The molecule has 0 aromatic carbocycles. The van der Waals surface area contributed by atoms with Crippen molar-refractivity contribution in [2.75, 3.05) is 60.0 Å². The summed E-state index contributed by atoms with van der Waals surface area (Å²) in [6, 6.07) is 4.55. The van der Waals surface area contributed by atoms with E-state index in [1.807, 2.05) is 0 Å². The predicted molar refractivity (Wildman–Crippen MR) is 127 cm³/mol. The quantitative estimate of drug-likeness (QED) is 0.225. The molecule has 1 aromatic heterocycles. The second-order valence-electron chi connectivity index (χ2n) is 6.79. The highest BCUT2D eigenvalue weighted by atomic mass is 127. The number of thiophene rings is 1. The molecular weight excluding hydrogens is 489 g/mol. The third-order valence-electron chi connectivity index (χ3n) is 4.51. The van der Waals surface area contributed by atoms with Crippen LogP contribution >= 0.6 is 35.3 Å². The van der Waals surface area contributed by atoms with Crippen molar-refractivity contribution in [3.8, 4) is 0 Å². The lowest BCUT2D eigenvalue weighted by molar-refractivity contribution is -0.127. The van der Waals surface area contributed by atoms with Crippen LogP contribution in [0.3, 0.4) is 0 Å². The van der Waals surface area contributed by atoms with Gasteiger partial charge in [-0.05, 0) is 17.9 Å². The second-order valence-corrected chi connectivity index (χ2v) is 7.77. The molecule has 1 aromatic rings. The summed E-state index contributed by atoms with van der Waals surface area (Å²) in [6.07, 6.45) is 2.18. The Hall–Kier alpha value is -0.910. The van der Waals surface area contributed by atoms with E-state index in [4.69, 9.17) is 4.74 Å². The highest BCUT2D eigenvalue weighted by Crippen LogP contribution is 2.25. The molecule has 1 fully saturated rings. The van der Waals surface area contributed by atoms with E-state index < -0.39 is 0 Å². The Morgan fingerprint density at radius 3 is 2.71 bits per heavy atom. The fraction of sp³-hybridized carbons (Fsp3) is 0.684. The van der Waals surface area contributed by atoms with Crippen LogP contribution in [0.25, 0.3) is 0 Å². The SMILES string of the molecule is CCCCNC(=NCC(=O)N(C)C)NCC(c1cccs1)N1CCOCC1.I. The first kappa shape index (κ1) is 25.1. The van der Waals surface area contributed by atoms with Crippen LogP contribution in [0.1, 0.15) is 30.7 Å². The average molecular weight is 523 g/mol. The number of unbranched alkanes of at least 4 members (excludes halogenated alkanes) is 1. The molecule has 1 amide bonds. The van der Waals surface area contributed by atoms with Gasteiger partial charge in [-0.15, -0.1) is 35.3 Å². The van der Waals surface area contributed by atoms with Crippen molar-refractivity contribution in [2.24, 2.45) is 4.99 Å². The number of amides is 1. The molecule has 1 aliphatic heterocycles. The number of hydrogen-bond donors (Lipinski definition) is 2. The Morgan fingerprint density at radius 2 is 2.11 bits per heavy atom. The summed E-state index contributed by atoms with van der Waals surface area (Å²) in [6.45, 7) is 7.30. The van der Waals surface area contributed by atoms with Crippen molar-refractivity contribution < 1.29 is 9.53 Å². The van der Waals surface area contributed by atoms with E-state index >= 15 is 0 Å². The van der Waals surface area contributed by atoms with Crippen molar-refractivity contribution in [3.05, 3.63) is 22.4 Å². The molecule has 1 aliphatic rings. The Bertz CT molecular complexity index is 577. The summed E-state index contributed by atoms with van der Waals surface area (Å²) >= 11 is 1.78. The maximum atomic E-state index is 11.9. The Labute approximate surface area is 189 Å². The number of aliphatic imine (C=N–C) groups is 1. The third kappa shape index (κ3) is 8.62. The van der Waals surface area contributed by atoms with E-state index in [9.17, 15) is 4.79 Å². The molecule has 0 bridgehead atoms. The lowest BCUT2D eigenvalue weighted by Crippen LogP contribution is -2.46. The fourth-order valence-electron chi connectivity index (χ4n) is 2.82. The number of ether oxygens (including phenoxy) is 1. The first-order valence-corrected chi connectivity index (χ1v) is 10.6. The molecule has 2 heterocycles. The zero-order chi connectivity index (χ0) is 19.5. The molecule has 0 radical (unpaired) electrons. The molecule has 1 atom stereocenters. The topological polar surface area (TPSA) is 69.2 Å². The zero-order valence-electron chi connectivity index (χ0n) is 17.1. The smallest absolute Gasteiger partial charge is 0.243 e. The van der Waals surface area contributed by atoms with Crippen molar-refractivity contribution in [3.63, 3.8) is 0 Å². The van der Waals surface area contributed by atoms with Gasteiger partial charge >= 0.3 is 0 Å². The van der Waals surface area contributed by atoms with Crippen molar-refractivity contribution in [1.82, 2.24) is 20.4 Å². The van der Waals surface area contributed by atoms with E-state index in [1.54, 1.807) is 30.3 Å². The number of nitrogens with one attached hydrogen (secondary N) is 2. The molecule has 28 heavy (non-hydrogen) atoms. The van der Waals surface area contributed by atoms with Gasteiger partial charge in [-0.25, -0.2) is 4.99 Å². The van der Waals surface area contributed by atoms with Crippen molar-refractivity contribution in [1.29, 1.82) is 0 Å². The van der Waals surface area contributed by atoms with Gasteiger partial charge in [-0.2, -0.15) is 0 Å². The summed E-state index contributed by atoms with van der Waals surface area (Å²) < 4.78 is 5.51. The van der Waals surface area contributed by atoms with Gasteiger partial charge in [0.15, 0.2) is 5.96 Å². The normalized spacial score (nSPS) is 16.2. The molecule has 2 N–H and O–H groups in total. The van der Waals surface area contributed by atoms with Gasteiger partial charge in [0.05, 0.1) is 19.3 Å². The number of nitrogens with zero attached hydrogens (tertiary/aromatic N) is 3. The summed E-state index contributed by atoms with van der Waals surface area (Å²) in [4.78, 5) is 21.7. The van der Waals surface area contributed by atoms with Crippen molar-refractivity contribution >= 4 is 47.2 Å². The lowest BCUT2D eigenvalue weighted by atomic mass is 10.2. The number of halogens is 1. The fourth-order valence-corrected chi connectivity index (χ4v) is 3.68. The summed E-state index contributed by atoms with van der Waals surface area (Å²) in [5.74, 6) is 0.697. The number of rotatable bonds is 9. The molecule has 2 rings (SSSR count). The molecule has 1 unspecified atom stereocenters. The minimum Gasteiger partial charge on any atom is -0.379 e. The number of carbonyl (C=O) groups is 1. The first-order valence-electron chi connectivity index (χ1n) is 9.69. The second kappa shape index (κ2) is 14.1. The maximum absolute atomic E-state index is 11.9. The van der Waals surface area contributed by atoms with E-state index in [1.165, 1.54) is 4.88 Å². The lowest BCUT2D eigenvalue weighted by Gasteiger charge is -2.34.